The normalized spacial score (nSPS) is 12.9. The van der Waals surface area contributed by atoms with Crippen molar-refractivity contribution >= 4 is 27.3 Å². The van der Waals surface area contributed by atoms with E-state index in [2.05, 4.69) is 39.6 Å². The van der Waals surface area contributed by atoms with Crippen molar-refractivity contribution in [2.45, 2.75) is 25.9 Å². The molecule has 0 bridgehead atoms. The van der Waals surface area contributed by atoms with Gasteiger partial charge in [0.2, 0.25) is 0 Å². The van der Waals surface area contributed by atoms with Crippen molar-refractivity contribution in [1.82, 2.24) is 5.32 Å². The van der Waals surface area contributed by atoms with Gasteiger partial charge in [-0.25, -0.2) is 0 Å². The Hall–Kier alpha value is -0.580. The average Bonchev–Trinajstić information content (AvgIpc) is 2.87. The molecule has 0 aliphatic heterocycles. The standard InChI is InChI=1S/C12H14BrNOS/c1-9(5-11-3-2-4-15-11)14-7-12-6-10(13)8-16-12/h2-4,6,8-9,14H,5,7H2,1H3. The minimum Gasteiger partial charge on any atom is -0.469 e. The first-order chi connectivity index (χ1) is 7.74. The number of halogens is 1. The van der Waals surface area contributed by atoms with Gasteiger partial charge in [0.25, 0.3) is 0 Å². The van der Waals surface area contributed by atoms with Crippen molar-refractivity contribution in [3.05, 3.63) is 45.0 Å². The van der Waals surface area contributed by atoms with Crippen LogP contribution in [0.1, 0.15) is 17.6 Å². The minimum atomic E-state index is 0.423. The SMILES string of the molecule is CC(Cc1ccco1)NCc1cc(Br)cs1. The largest absolute Gasteiger partial charge is 0.469 e. The summed E-state index contributed by atoms with van der Waals surface area (Å²) < 4.78 is 6.48. The summed E-state index contributed by atoms with van der Waals surface area (Å²) in [5.74, 6) is 1.03. The van der Waals surface area contributed by atoms with Gasteiger partial charge in [0.1, 0.15) is 5.76 Å². The lowest BCUT2D eigenvalue weighted by molar-refractivity contribution is 0.457. The van der Waals surface area contributed by atoms with Gasteiger partial charge in [0.15, 0.2) is 0 Å². The number of nitrogens with one attached hydrogen (secondary N) is 1. The molecular weight excluding hydrogens is 286 g/mol. The summed E-state index contributed by atoms with van der Waals surface area (Å²) in [5.41, 5.74) is 0. The molecule has 0 spiro atoms. The van der Waals surface area contributed by atoms with Crippen LogP contribution in [0.15, 0.2) is 38.7 Å². The molecule has 2 aromatic rings. The first kappa shape index (κ1) is 11.9. The predicted molar refractivity (Wildman–Crippen MR) is 70.7 cm³/mol. The third-order valence-electron chi connectivity index (χ3n) is 2.33. The van der Waals surface area contributed by atoms with Gasteiger partial charge >= 0.3 is 0 Å². The summed E-state index contributed by atoms with van der Waals surface area (Å²) in [4.78, 5) is 1.35. The van der Waals surface area contributed by atoms with Crippen molar-refractivity contribution in [3.63, 3.8) is 0 Å². The van der Waals surface area contributed by atoms with E-state index in [1.807, 2.05) is 12.1 Å². The van der Waals surface area contributed by atoms with Crippen LogP contribution < -0.4 is 5.32 Å². The Labute approximate surface area is 108 Å². The van der Waals surface area contributed by atoms with Crippen LogP contribution in [0.3, 0.4) is 0 Å². The third-order valence-corrected chi connectivity index (χ3v) is 4.03. The lowest BCUT2D eigenvalue weighted by atomic mass is 10.2. The van der Waals surface area contributed by atoms with Gasteiger partial charge in [-0.2, -0.15) is 0 Å². The Morgan fingerprint density at radius 2 is 2.44 bits per heavy atom. The Morgan fingerprint density at radius 1 is 1.56 bits per heavy atom. The number of rotatable bonds is 5. The third kappa shape index (κ3) is 3.47. The molecule has 1 unspecified atom stereocenters. The van der Waals surface area contributed by atoms with Gasteiger partial charge in [-0.15, -0.1) is 11.3 Å². The molecule has 2 heterocycles. The van der Waals surface area contributed by atoms with Crippen LogP contribution in [0.2, 0.25) is 0 Å². The fraction of sp³-hybridized carbons (Fsp3) is 0.333. The molecule has 0 aliphatic rings. The number of hydrogen-bond acceptors (Lipinski definition) is 3. The molecule has 0 aromatic carbocycles. The Kier molecular flexibility index (Phi) is 4.21. The maximum atomic E-state index is 5.32. The van der Waals surface area contributed by atoms with Crippen LogP contribution in [0.4, 0.5) is 0 Å². The second-order valence-electron chi connectivity index (χ2n) is 3.80. The highest BCUT2D eigenvalue weighted by Gasteiger charge is 2.05. The summed E-state index contributed by atoms with van der Waals surface area (Å²) in [7, 11) is 0. The van der Waals surface area contributed by atoms with Crippen LogP contribution in [0.5, 0.6) is 0 Å². The summed E-state index contributed by atoms with van der Waals surface area (Å²) in [6, 6.07) is 6.52. The maximum Gasteiger partial charge on any atom is 0.105 e. The summed E-state index contributed by atoms with van der Waals surface area (Å²) in [6.45, 7) is 3.09. The first-order valence-corrected chi connectivity index (χ1v) is 6.90. The summed E-state index contributed by atoms with van der Waals surface area (Å²) in [5, 5.41) is 5.59. The van der Waals surface area contributed by atoms with E-state index >= 15 is 0 Å². The summed E-state index contributed by atoms with van der Waals surface area (Å²) >= 11 is 5.22. The highest BCUT2D eigenvalue weighted by atomic mass is 79.9. The lowest BCUT2D eigenvalue weighted by Crippen LogP contribution is -2.26. The Bertz CT molecular complexity index is 424. The quantitative estimate of drug-likeness (QED) is 0.908. The van der Waals surface area contributed by atoms with Crippen LogP contribution in [0, 0.1) is 0 Å². The number of thiophene rings is 1. The molecule has 0 saturated carbocycles. The van der Waals surface area contributed by atoms with E-state index < -0.39 is 0 Å². The van der Waals surface area contributed by atoms with Crippen molar-refractivity contribution in [2.75, 3.05) is 0 Å². The lowest BCUT2D eigenvalue weighted by Gasteiger charge is -2.11. The van der Waals surface area contributed by atoms with E-state index in [-0.39, 0.29) is 0 Å². The molecule has 16 heavy (non-hydrogen) atoms. The van der Waals surface area contributed by atoms with Crippen molar-refractivity contribution < 1.29 is 4.42 Å². The van der Waals surface area contributed by atoms with E-state index in [0.717, 1.165) is 23.2 Å². The Balaban J connectivity index is 1.77. The molecule has 0 fully saturated rings. The molecule has 0 radical (unpaired) electrons. The van der Waals surface area contributed by atoms with Gasteiger partial charge < -0.3 is 9.73 Å². The topological polar surface area (TPSA) is 25.2 Å². The molecule has 1 atom stereocenters. The van der Waals surface area contributed by atoms with Gasteiger partial charge in [-0.1, -0.05) is 0 Å². The van der Waals surface area contributed by atoms with Crippen LogP contribution in [-0.2, 0) is 13.0 Å². The number of furan rings is 1. The second kappa shape index (κ2) is 5.66. The molecule has 0 amide bonds. The van der Waals surface area contributed by atoms with Crippen molar-refractivity contribution in [3.8, 4) is 0 Å². The monoisotopic (exact) mass is 299 g/mol. The van der Waals surface area contributed by atoms with E-state index in [0.29, 0.717) is 6.04 Å². The van der Waals surface area contributed by atoms with Crippen molar-refractivity contribution in [2.24, 2.45) is 0 Å². The molecule has 2 nitrogen and oxygen atoms in total. The van der Waals surface area contributed by atoms with Gasteiger partial charge in [-0.3, -0.25) is 0 Å². The zero-order chi connectivity index (χ0) is 11.4. The van der Waals surface area contributed by atoms with E-state index in [1.165, 1.54) is 4.88 Å². The fourth-order valence-electron chi connectivity index (χ4n) is 1.52. The molecule has 0 aliphatic carbocycles. The van der Waals surface area contributed by atoms with Crippen LogP contribution in [0.25, 0.3) is 0 Å². The molecule has 2 rings (SSSR count). The van der Waals surface area contributed by atoms with Crippen molar-refractivity contribution in [1.29, 1.82) is 0 Å². The summed E-state index contributed by atoms with van der Waals surface area (Å²) in [6.07, 6.45) is 2.65. The Morgan fingerprint density at radius 3 is 3.06 bits per heavy atom. The molecule has 4 heteroatoms. The zero-order valence-corrected chi connectivity index (χ0v) is 11.5. The molecular formula is C12H14BrNOS. The highest BCUT2D eigenvalue weighted by Crippen LogP contribution is 2.19. The molecule has 2 aromatic heterocycles. The van der Waals surface area contributed by atoms with E-state index in [4.69, 9.17) is 4.42 Å². The van der Waals surface area contributed by atoms with E-state index in [9.17, 15) is 0 Å². The van der Waals surface area contributed by atoms with Gasteiger partial charge in [0.05, 0.1) is 6.26 Å². The maximum absolute atomic E-state index is 5.32. The average molecular weight is 300 g/mol. The molecule has 0 saturated heterocycles. The zero-order valence-electron chi connectivity index (χ0n) is 9.07. The van der Waals surface area contributed by atoms with Crippen LogP contribution >= 0.6 is 27.3 Å². The number of hydrogen-bond donors (Lipinski definition) is 1. The predicted octanol–water partition coefficient (Wildman–Crippen LogP) is 3.82. The van der Waals surface area contributed by atoms with E-state index in [1.54, 1.807) is 17.6 Å². The molecule has 1 N–H and O–H groups in total. The van der Waals surface area contributed by atoms with Gasteiger partial charge in [0, 0.05) is 33.7 Å². The fourth-order valence-corrected chi connectivity index (χ4v) is 2.93. The minimum absolute atomic E-state index is 0.423. The molecule has 86 valence electrons. The van der Waals surface area contributed by atoms with Gasteiger partial charge in [-0.05, 0) is 41.1 Å². The first-order valence-electron chi connectivity index (χ1n) is 5.22. The second-order valence-corrected chi connectivity index (χ2v) is 5.71. The smallest absolute Gasteiger partial charge is 0.105 e. The highest BCUT2D eigenvalue weighted by molar-refractivity contribution is 9.10. The van der Waals surface area contributed by atoms with Crippen LogP contribution in [-0.4, -0.2) is 6.04 Å².